The molecule has 7 heteroatoms. The highest BCUT2D eigenvalue weighted by molar-refractivity contribution is 5.78. The predicted molar refractivity (Wildman–Crippen MR) is 122 cm³/mol. The molecule has 0 spiro atoms. The maximum absolute atomic E-state index is 12.9. The van der Waals surface area contributed by atoms with Crippen LogP contribution in [0, 0.1) is 23.7 Å². The zero-order valence-corrected chi connectivity index (χ0v) is 19.1. The van der Waals surface area contributed by atoms with E-state index in [1.54, 1.807) is 10.9 Å². The Morgan fingerprint density at radius 3 is 2.47 bits per heavy atom. The van der Waals surface area contributed by atoms with Gasteiger partial charge in [0, 0.05) is 50.4 Å². The van der Waals surface area contributed by atoms with Crippen molar-refractivity contribution in [3.05, 3.63) is 48.8 Å². The highest BCUT2D eigenvalue weighted by atomic mass is 16.5. The number of ether oxygens (including phenoxy) is 1. The van der Waals surface area contributed by atoms with E-state index in [-0.39, 0.29) is 30.2 Å². The van der Waals surface area contributed by atoms with Gasteiger partial charge >= 0.3 is 0 Å². The number of piperidine rings is 1. The summed E-state index contributed by atoms with van der Waals surface area (Å²) in [5.41, 5.74) is 0. The van der Waals surface area contributed by atoms with E-state index in [1.165, 1.54) is 0 Å². The molecule has 1 aromatic carbocycles. The van der Waals surface area contributed by atoms with Gasteiger partial charge in [0.15, 0.2) is 0 Å². The first-order chi connectivity index (χ1) is 15.5. The molecule has 32 heavy (non-hydrogen) atoms. The van der Waals surface area contributed by atoms with E-state index in [9.17, 15) is 9.59 Å². The van der Waals surface area contributed by atoms with Crippen LogP contribution < -0.4 is 4.74 Å². The number of para-hydroxylation sites is 1. The van der Waals surface area contributed by atoms with Crippen molar-refractivity contribution in [3.63, 3.8) is 0 Å². The van der Waals surface area contributed by atoms with Crippen molar-refractivity contribution in [2.75, 3.05) is 32.8 Å². The van der Waals surface area contributed by atoms with Gasteiger partial charge in [0.05, 0.1) is 6.61 Å². The fourth-order valence-electron chi connectivity index (χ4n) is 5.08. The standard InChI is InChI=1S/C25H34N4O3/c1-19(2)25(31)27-13-9-20(10-14-27)23-16-28(24(30)17-29-12-6-11-26-29)15-21(23)18-32-22-7-4-3-5-8-22/h3-8,11-12,19-21,23H,9-10,13-18H2,1-2H3. The molecule has 0 aliphatic carbocycles. The van der Waals surface area contributed by atoms with Crippen LogP contribution in [0.3, 0.4) is 0 Å². The Labute approximate surface area is 190 Å². The fourth-order valence-corrected chi connectivity index (χ4v) is 5.08. The van der Waals surface area contributed by atoms with Crippen molar-refractivity contribution in [2.45, 2.75) is 33.2 Å². The van der Waals surface area contributed by atoms with Crippen LogP contribution in [-0.4, -0.2) is 64.2 Å². The van der Waals surface area contributed by atoms with Gasteiger partial charge in [0.25, 0.3) is 0 Å². The van der Waals surface area contributed by atoms with E-state index in [1.807, 2.05) is 66.2 Å². The van der Waals surface area contributed by atoms with E-state index in [2.05, 4.69) is 5.10 Å². The van der Waals surface area contributed by atoms with Crippen LogP contribution in [0.25, 0.3) is 0 Å². The van der Waals surface area contributed by atoms with Gasteiger partial charge in [0.1, 0.15) is 12.3 Å². The molecule has 2 amide bonds. The summed E-state index contributed by atoms with van der Waals surface area (Å²) in [6.07, 6.45) is 5.50. The smallest absolute Gasteiger partial charge is 0.244 e. The number of carbonyl (C=O) groups is 2. The van der Waals surface area contributed by atoms with Crippen LogP contribution in [0.4, 0.5) is 0 Å². The van der Waals surface area contributed by atoms with Crippen molar-refractivity contribution in [1.29, 1.82) is 0 Å². The second kappa shape index (κ2) is 10.2. The lowest BCUT2D eigenvalue weighted by molar-refractivity contribution is -0.136. The van der Waals surface area contributed by atoms with E-state index in [0.29, 0.717) is 25.0 Å². The first-order valence-corrected chi connectivity index (χ1v) is 11.7. The van der Waals surface area contributed by atoms with Crippen LogP contribution in [0.1, 0.15) is 26.7 Å². The first kappa shape index (κ1) is 22.4. The van der Waals surface area contributed by atoms with Crippen molar-refractivity contribution < 1.29 is 14.3 Å². The quantitative estimate of drug-likeness (QED) is 0.667. The van der Waals surface area contributed by atoms with Crippen molar-refractivity contribution in [2.24, 2.45) is 23.7 Å². The second-order valence-corrected chi connectivity index (χ2v) is 9.37. The molecule has 2 fully saturated rings. The average Bonchev–Trinajstić information content (AvgIpc) is 3.48. The van der Waals surface area contributed by atoms with Gasteiger partial charge in [-0.1, -0.05) is 32.0 Å². The van der Waals surface area contributed by atoms with Crippen LogP contribution in [0.15, 0.2) is 48.8 Å². The van der Waals surface area contributed by atoms with Gasteiger partial charge < -0.3 is 14.5 Å². The molecule has 2 aliphatic rings. The summed E-state index contributed by atoms with van der Waals surface area (Å²) >= 11 is 0. The minimum atomic E-state index is 0.0421. The maximum Gasteiger partial charge on any atom is 0.244 e. The summed E-state index contributed by atoms with van der Waals surface area (Å²) in [6, 6.07) is 11.7. The molecule has 2 aliphatic heterocycles. The normalized spacial score (nSPS) is 21.8. The summed E-state index contributed by atoms with van der Waals surface area (Å²) in [5, 5.41) is 4.18. The van der Waals surface area contributed by atoms with Gasteiger partial charge in [-0.25, -0.2) is 0 Å². The van der Waals surface area contributed by atoms with E-state index >= 15 is 0 Å². The number of aromatic nitrogens is 2. The van der Waals surface area contributed by atoms with Crippen molar-refractivity contribution >= 4 is 11.8 Å². The molecule has 2 unspecified atom stereocenters. The van der Waals surface area contributed by atoms with E-state index in [0.717, 1.165) is 38.2 Å². The van der Waals surface area contributed by atoms with Crippen molar-refractivity contribution in [1.82, 2.24) is 19.6 Å². The monoisotopic (exact) mass is 438 g/mol. The van der Waals surface area contributed by atoms with Gasteiger partial charge in [-0.2, -0.15) is 5.10 Å². The van der Waals surface area contributed by atoms with Crippen LogP contribution in [0.2, 0.25) is 0 Å². The fraction of sp³-hybridized carbons (Fsp3) is 0.560. The lowest BCUT2D eigenvalue weighted by atomic mass is 9.78. The van der Waals surface area contributed by atoms with Crippen molar-refractivity contribution in [3.8, 4) is 5.75 Å². The highest BCUT2D eigenvalue weighted by Crippen LogP contribution is 2.36. The SMILES string of the molecule is CC(C)C(=O)N1CCC(C2CN(C(=O)Cn3cccn3)CC2COc2ccccc2)CC1. The zero-order chi connectivity index (χ0) is 22.5. The molecule has 2 saturated heterocycles. The lowest BCUT2D eigenvalue weighted by Gasteiger charge is -2.37. The van der Waals surface area contributed by atoms with Gasteiger partial charge in [-0.15, -0.1) is 0 Å². The number of benzene rings is 1. The van der Waals surface area contributed by atoms with Gasteiger partial charge in [-0.3, -0.25) is 14.3 Å². The Hall–Kier alpha value is -2.83. The number of hydrogen-bond acceptors (Lipinski definition) is 4. The second-order valence-electron chi connectivity index (χ2n) is 9.37. The predicted octanol–water partition coefficient (Wildman–Crippen LogP) is 2.93. The molecule has 0 bridgehead atoms. The number of nitrogens with zero attached hydrogens (tertiary/aromatic N) is 4. The number of amides is 2. The molecule has 172 valence electrons. The molecule has 4 rings (SSSR count). The first-order valence-electron chi connectivity index (χ1n) is 11.7. The minimum absolute atomic E-state index is 0.0421. The Kier molecular flexibility index (Phi) is 7.12. The molecule has 2 atom stereocenters. The van der Waals surface area contributed by atoms with Crippen LogP contribution >= 0.6 is 0 Å². The Bertz CT molecular complexity index is 876. The summed E-state index contributed by atoms with van der Waals surface area (Å²) in [5.74, 6) is 2.43. The minimum Gasteiger partial charge on any atom is -0.493 e. The number of hydrogen-bond donors (Lipinski definition) is 0. The van der Waals surface area contributed by atoms with Gasteiger partial charge in [0.2, 0.25) is 11.8 Å². The Morgan fingerprint density at radius 1 is 1.06 bits per heavy atom. The van der Waals surface area contributed by atoms with Gasteiger partial charge in [-0.05, 0) is 42.9 Å². The molecular weight excluding hydrogens is 404 g/mol. The molecule has 3 heterocycles. The third-order valence-corrected chi connectivity index (χ3v) is 6.86. The highest BCUT2D eigenvalue weighted by Gasteiger charge is 2.41. The van der Waals surface area contributed by atoms with Crippen LogP contribution in [-0.2, 0) is 16.1 Å². The van der Waals surface area contributed by atoms with Crippen LogP contribution in [0.5, 0.6) is 5.75 Å². The number of rotatable bonds is 7. The topological polar surface area (TPSA) is 67.7 Å². The summed E-state index contributed by atoms with van der Waals surface area (Å²) in [4.78, 5) is 29.3. The largest absolute Gasteiger partial charge is 0.493 e. The molecule has 2 aromatic rings. The molecule has 0 radical (unpaired) electrons. The molecule has 0 saturated carbocycles. The van der Waals surface area contributed by atoms with E-state index < -0.39 is 0 Å². The number of likely N-dealkylation sites (tertiary alicyclic amines) is 2. The molecule has 1 aromatic heterocycles. The lowest BCUT2D eigenvalue weighted by Crippen LogP contribution is -2.43. The number of carbonyl (C=O) groups excluding carboxylic acids is 2. The molecule has 0 N–H and O–H groups in total. The maximum atomic E-state index is 12.9. The zero-order valence-electron chi connectivity index (χ0n) is 19.1. The summed E-state index contributed by atoms with van der Waals surface area (Å²) in [6.45, 7) is 7.89. The summed E-state index contributed by atoms with van der Waals surface area (Å²) in [7, 11) is 0. The third kappa shape index (κ3) is 5.31. The molecule has 7 nitrogen and oxygen atoms in total. The molecular formula is C25H34N4O3. The van der Waals surface area contributed by atoms with E-state index in [4.69, 9.17) is 4.74 Å². The third-order valence-electron chi connectivity index (χ3n) is 6.86. The Morgan fingerprint density at radius 2 is 1.81 bits per heavy atom. The average molecular weight is 439 g/mol. The summed E-state index contributed by atoms with van der Waals surface area (Å²) < 4.78 is 7.80. The Balaban J connectivity index is 1.41.